The van der Waals surface area contributed by atoms with Gasteiger partial charge >= 0.3 is 0 Å². The van der Waals surface area contributed by atoms with Gasteiger partial charge in [-0.2, -0.15) is 0 Å². The first kappa shape index (κ1) is 30.7. The van der Waals surface area contributed by atoms with Crippen molar-refractivity contribution in [2.24, 2.45) is 0 Å². The molecule has 0 spiro atoms. The van der Waals surface area contributed by atoms with E-state index in [1.54, 1.807) is 11.0 Å². The number of nitrogens with one attached hydrogen (secondary N) is 1. The Morgan fingerprint density at radius 2 is 1.67 bits per heavy atom. The van der Waals surface area contributed by atoms with E-state index in [1.807, 2.05) is 64.1 Å². The highest BCUT2D eigenvalue weighted by molar-refractivity contribution is 7.92. The van der Waals surface area contributed by atoms with E-state index in [0.29, 0.717) is 25.1 Å². The molecule has 0 bridgehead atoms. The van der Waals surface area contributed by atoms with Crippen molar-refractivity contribution in [3.63, 3.8) is 0 Å². The van der Waals surface area contributed by atoms with Crippen molar-refractivity contribution in [1.82, 2.24) is 10.2 Å². The van der Waals surface area contributed by atoms with Crippen LogP contribution in [0.1, 0.15) is 80.5 Å². The van der Waals surface area contributed by atoms with E-state index in [-0.39, 0.29) is 30.8 Å². The minimum atomic E-state index is -3.53. The van der Waals surface area contributed by atoms with Crippen LogP contribution >= 0.6 is 0 Å². The summed E-state index contributed by atoms with van der Waals surface area (Å²) in [5.74, 6) is -0.239. The number of carbonyl (C=O) groups is 2. The summed E-state index contributed by atoms with van der Waals surface area (Å²) in [6, 6.07) is 13.1. The van der Waals surface area contributed by atoms with Gasteiger partial charge in [-0.25, -0.2) is 8.42 Å². The average Bonchev–Trinajstić information content (AvgIpc) is 2.89. The van der Waals surface area contributed by atoms with Gasteiger partial charge in [0.25, 0.3) is 0 Å². The lowest BCUT2D eigenvalue weighted by atomic mass is 9.95. The molecule has 0 aromatic heterocycles. The maximum Gasteiger partial charge on any atom is 0.243 e. The number of amides is 2. The third-order valence-corrected chi connectivity index (χ3v) is 9.06. The summed E-state index contributed by atoms with van der Waals surface area (Å²) in [5.41, 5.74) is 4.77. The Balaban J connectivity index is 1.77. The molecule has 2 aromatic carbocycles. The van der Waals surface area contributed by atoms with Gasteiger partial charge in [0, 0.05) is 25.6 Å². The normalized spacial score (nSPS) is 15.0. The smallest absolute Gasteiger partial charge is 0.243 e. The van der Waals surface area contributed by atoms with Crippen molar-refractivity contribution in [2.75, 3.05) is 17.1 Å². The number of rotatable bonds is 12. The van der Waals surface area contributed by atoms with Crippen LogP contribution < -0.4 is 9.62 Å². The van der Waals surface area contributed by atoms with E-state index < -0.39 is 16.1 Å². The van der Waals surface area contributed by atoms with Gasteiger partial charge in [-0.1, -0.05) is 56.5 Å². The minimum Gasteiger partial charge on any atom is -0.352 e. The van der Waals surface area contributed by atoms with Crippen LogP contribution in [0.2, 0.25) is 0 Å². The average molecular weight is 556 g/mol. The van der Waals surface area contributed by atoms with Gasteiger partial charge in [0.05, 0.1) is 11.9 Å². The van der Waals surface area contributed by atoms with Crippen molar-refractivity contribution >= 4 is 27.5 Å². The number of anilines is 1. The van der Waals surface area contributed by atoms with E-state index in [4.69, 9.17) is 0 Å². The Hall–Kier alpha value is -2.87. The fourth-order valence-electron chi connectivity index (χ4n) is 5.32. The summed E-state index contributed by atoms with van der Waals surface area (Å²) in [7, 11) is -3.53. The third kappa shape index (κ3) is 8.56. The van der Waals surface area contributed by atoms with Crippen LogP contribution in [-0.4, -0.2) is 50.0 Å². The molecule has 39 heavy (non-hydrogen) atoms. The summed E-state index contributed by atoms with van der Waals surface area (Å²) >= 11 is 0. The van der Waals surface area contributed by atoms with Gasteiger partial charge in [-0.05, 0) is 80.8 Å². The highest BCUT2D eigenvalue weighted by atomic mass is 32.2. The van der Waals surface area contributed by atoms with Gasteiger partial charge in [0.2, 0.25) is 21.8 Å². The Kier molecular flexibility index (Phi) is 11.0. The van der Waals surface area contributed by atoms with E-state index >= 15 is 0 Å². The molecule has 0 heterocycles. The van der Waals surface area contributed by atoms with Gasteiger partial charge in [0.1, 0.15) is 6.04 Å². The summed E-state index contributed by atoms with van der Waals surface area (Å²) in [5, 5.41) is 3.21. The molecule has 1 aliphatic carbocycles. The van der Waals surface area contributed by atoms with Gasteiger partial charge in [-0.3, -0.25) is 13.9 Å². The molecule has 0 radical (unpaired) electrons. The highest BCUT2D eigenvalue weighted by Crippen LogP contribution is 2.23. The molecular weight excluding hydrogens is 510 g/mol. The predicted octanol–water partition coefficient (Wildman–Crippen LogP) is 5.41. The van der Waals surface area contributed by atoms with Gasteiger partial charge in [0.15, 0.2) is 0 Å². The van der Waals surface area contributed by atoms with E-state index in [1.165, 1.54) is 17.0 Å². The lowest BCUT2D eigenvalue weighted by Gasteiger charge is -2.33. The zero-order chi connectivity index (χ0) is 28.6. The lowest BCUT2D eigenvalue weighted by molar-refractivity contribution is -0.141. The monoisotopic (exact) mass is 555 g/mol. The summed E-state index contributed by atoms with van der Waals surface area (Å²) in [4.78, 5) is 28.8. The van der Waals surface area contributed by atoms with E-state index in [2.05, 4.69) is 5.32 Å². The standard InChI is InChI=1S/C31H45N3O4S/c1-6-29(31(36)32-27-15-8-7-9-16-27)33(22-26-14-11-10-13-24(26)3)30(35)17-12-20-34(39(5,37)38)28-19-18-23(2)25(4)21-28/h10-11,13-14,18-19,21,27,29H,6-9,12,15-17,20,22H2,1-5H3,(H,32,36). The number of aryl methyl sites for hydroxylation is 3. The van der Waals surface area contributed by atoms with Crippen LogP contribution in [0, 0.1) is 20.8 Å². The molecule has 1 unspecified atom stereocenters. The molecule has 3 rings (SSSR count). The Bertz CT molecular complexity index is 1240. The van der Waals surface area contributed by atoms with Gasteiger partial charge < -0.3 is 10.2 Å². The minimum absolute atomic E-state index is 0.0979. The zero-order valence-electron chi connectivity index (χ0n) is 24.2. The fourth-order valence-corrected chi connectivity index (χ4v) is 6.28. The molecule has 2 amide bonds. The molecule has 8 heteroatoms. The third-order valence-electron chi connectivity index (χ3n) is 7.87. The molecule has 1 fully saturated rings. The number of carbonyl (C=O) groups excluding carboxylic acids is 2. The molecule has 1 aliphatic rings. The van der Waals surface area contributed by atoms with E-state index in [0.717, 1.165) is 47.9 Å². The predicted molar refractivity (Wildman–Crippen MR) is 158 cm³/mol. The van der Waals surface area contributed by atoms with Crippen LogP contribution in [0.4, 0.5) is 5.69 Å². The van der Waals surface area contributed by atoms with Crippen molar-refractivity contribution in [2.45, 2.75) is 97.7 Å². The molecule has 0 aliphatic heterocycles. The van der Waals surface area contributed by atoms with Crippen molar-refractivity contribution < 1.29 is 18.0 Å². The molecule has 7 nitrogen and oxygen atoms in total. The summed E-state index contributed by atoms with van der Waals surface area (Å²) in [6.45, 7) is 8.42. The van der Waals surface area contributed by atoms with Crippen LogP contribution in [0.3, 0.4) is 0 Å². The Morgan fingerprint density at radius 3 is 2.28 bits per heavy atom. The molecule has 1 atom stereocenters. The van der Waals surface area contributed by atoms with Crippen LogP contribution in [0.25, 0.3) is 0 Å². The zero-order valence-corrected chi connectivity index (χ0v) is 25.0. The summed E-state index contributed by atoms with van der Waals surface area (Å²) < 4.78 is 26.6. The largest absolute Gasteiger partial charge is 0.352 e. The number of hydrogen-bond donors (Lipinski definition) is 1. The molecular formula is C31H45N3O4S. The second kappa shape index (κ2) is 14.0. The first-order valence-corrected chi connectivity index (χ1v) is 16.1. The summed E-state index contributed by atoms with van der Waals surface area (Å²) in [6.07, 6.45) is 7.59. The molecule has 0 saturated heterocycles. The van der Waals surface area contributed by atoms with Gasteiger partial charge in [-0.15, -0.1) is 0 Å². The molecule has 214 valence electrons. The Morgan fingerprint density at radius 1 is 0.974 bits per heavy atom. The van der Waals surface area contributed by atoms with Crippen LogP contribution in [0.5, 0.6) is 0 Å². The first-order valence-electron chi connectivity index (χ1n) is 14.2. The molecule has 2 aromatic rings. The highest BCUT2D eigenvalue weighted by Gasteiger charge is 2.30. The quantitative estimate of drug-likeness (QED) is 0.379. The van der Waals surface area contributed by atoms with E-state index in [9.17, 15) is 18.0 Å². The molecule has 1 saturated carbocycles. The lowest BCUT2D eigenvalue weighted by Crippen LogP contribution is -2.51. The Labute approximate surface area is 235 Å². The number of hydrogen-bond acceptors (Lipinski definition) is 4. The fraction of sp³-hybridized carbons (Fsp3) is 0.548. The van der Waals surface area contributed by atoms with Crippen LogP contribution in [0.15, 0.2) is 42.5 Å². The topological polar surface area (TPSA) is 86.8 Å². The number of benzene rings is 2. The molecule has 1 N–H and O–H groups in total. The van der Waals surface area contributed by atoms with Crippen molar-refractivity contribution in [3.05, 3.63) is 64.7 Å². The number of nitrogens with zero attached hydrogens (tertiary/aromatic N) is 2. The maximum atomic E-state index is 13.7. The van der Waals surface area contributed by atoms with Crippen molar-refractivity contribution in [1.29, 1.82) is 0 Å². The van der Waals surface area contributed by atoms with Crippen molar-refractivity contribution in [3.8, 4) is 0 Å². The SMILES string of the molecule is CCC(C(=O)NC1CCCCC1)N(Cc1ccccc1C)C(=O)CCCN(c1ccc(C)c(C)c1)S(C)(=O)=O. The second-order valence-corrected chi connectivity index (χ2v) is 12.8. The first-order chi connectivity index (χ1) is 18.5. The maximum absolute atomic E-state index is 13.7. The number of sulfonamides is 1. The van der Waals surface area contributed by atoms with Crippen LogP contribution in [-0.2, 0) is 26.2 Å². The second-order valence-electron chi connectivity index (χ2n) is 10.9.